The van der Waals surface area contributed by atoms with E-state index in [1.165, 1.54) is 38.2 Å². The number of nitro groups is 1. The number of rotatable bonds is 7. The number of pyridine rings is 1. The van der Waals surface area contributed by atoms with Gasteiger partial charge < -0.3 is 10.1 Å². The van der Waals surface area contributed by atoms with E-state index in [2.05, 4.69) is 10.3 Å². The first kappa shape index (κ1) is 16.6. The Kier molecular flexibility index (Phi) is 5.59. The smallest absolute Gasteiger partial charge is 0.278 e. The molecule has 2 aromatic rings. The third-order valence-corrected chi connectivity index (χ3v) is 4.49. The summed E-state index contributed by atoms with van der Waals surface area (Å²) >= 11 is 0. The maximum Gasteiger partial charge on any atom is 0.278 e. The lowest BCUT2D eigenvalue weighted by Gasteiger charge is -2.22. The van der Waals surface area contributed by atoms with E-state index in [-0.39, 0.29) is 10.6 Å². The minimum absolute atomic E-state index is 0.0873. The van der Waals surface area contributed by atoms with E-state index in [1.807, 2.05) is 0 Å². The van der Waals surface area contributed by atoms with Crippen molar-refractivity contribution in [2.45, 2.75) is 44.6 Å². The van der Waals surface area contributed by atoms with Crippen molar-refractivity contribution in [2.75, 3.05) is 18.5 Å². The SMILES string of the molecule is O=[N+]([O-])c1ccc(NCCCOC2CCCCC2)c2ncccc12. The third-order valence-electron chi connectivity index (χ3n) is 4.49. The molecule has 0 aliphatic heterocycles. The number of nitro benzene ring substituents is 1. The molecule has 1 aliphatic carbocycles. The molecule has 1 aromatic carbocycles. The highest BCUT2D eigenvalue weighted by atomic mass is 16.6. The molecule has 6 heteroatoms. The summed E-state index contributed by atoms with van der Waals surface area (Å²) in [5.74, 6) is 0. The summed E-state index contributed by atoms with van der Waals surface area (Å²) in [5.41, 5.74) is 1.55. The Hall–Kier alpha value is -2.21. The third kappa shape index (κ3) is 4.00. The van der Waals surface area contributed by atoms with Gasteiger partial charge in [-0.15, -0.1) is 0 Å². The Morgan fingerprint density at radius 1 is 1.25 bits per heavy atom. The van der Waals surface area contributed by atoms with Crippen LogP contribution in [0.2, 0.25) is 0 Å². The van der Waals surface area contributed by atoms with E-state index < -0.39 is 0 Å². The molecule has 3 rings (SSSR count). The van der Waals surface area contributed by atoms with Crippen LogP contribution in [0.25, 0.3) is 10.9 Å². The topological polar surface area (TPSA) is 77.3 Å². The monoisotopic (exact) mass is 329 g/mol. The van der Waals surface area contributed by atoms with Gasteiger partial charge in [-0.25, -0.2) is 0 Å². The maximum atomic E-state index is 11.1. The highest BCUT2D eigenvalue weighted by Crippen LogP contribution is 2.29. The molecule has 0 atom stereocenters. The number of anilines is 1. The van der Waals surface area contributed by atoms with Crippen LogP contribution in [0.3, 0.4) is 0 Å². The highest BCUT2D eigenvalue weighted by Gasteiger charge is 2.15. The zero-order valence-corrected chi connectivity index (χ0v) is 13.7. The van der Waals surface area contributed by atoms with Crippen LogP contribution in [0.15, 0.2) is 30.5 Å². The Morgan fingerprint density at radius 3 is 2.88 bits per heavy atom. The molecule has 0 amide bonds. The van der Waals surface area contributed by atoms with Gasteiger partial charge in [0.1, 0.15) is 5.52 Å². The molecular weight excluding hydrogens is 306 g/mol. The van der Waals surface area contributed by atoms with Crippen LogP contribution in [0.4, 0.5) is 11.4 Å². The number of benzene rings is 1. The van der Waals surface area contributed by atoms with E-state index in [9.17, 15) is 10.1 Å². The van der Waals surface area contributed by atoms with Crippen molar-refractivity contribution in [3.05, 3.63) is 40.6 Å². The number of hydrogen-bond donors (Lipinski definition) is 1. The Balaban J connectivity index is 1.55. The quantitative estimate of drug-likeness (QED) is 0.466. The second-order valence-corrected chi connectivity index (χ2v) is 6.20. The molecule has 0 spiro atoms. The van der Waals surface area contributed by atoms with E-state index in [4.69, 9.17) is 4.74 Å². The van der Waals surface area contributed by atoms with Crippen molar-refractivity contribution in [1.82, 2.24) is 4.98 Å². The van der Waals surface area contributed by atoms with Gasteiger partial charge in [-0.05, 0) is 37.5 Å². The van der Waals surface area contributed by atoms with Crippen LogP contribution >= 0.6 is 0 Å². The van der Waals surface area contributed by atoms with Gasteiger partial charge in [-0.3, -0.25) is 15.1 Å². The van der Waals surface area contributed by atoms with E-state index in [0.29, 0.717) is 17.0 Å². The second-order valence-electron chi connectivity index (χ2n) is 6.20. The molecule has 1 heterocycles. The Morgan fingerprint density at radius 2 is 2.08 bits per heavy atom. The summed E-state index contributed by atoms with van der Waals surface area (Å²) in [6, 6.07) is 6.72. The average Bonchev–Trinajstić information content (AvgIpc) is 2.62. The average molecular weight is 329 g/mol. The summed E-state index contributed by atoms with van der Waals surface area (Å²) in [4.78, 5) is 15.0. The molecule has 0 radical (unpaired) electrons. The van der Waals surface area contributed by atoms with Gasteiger partial charge >= 0.3 is 0 Å². The molecule has 1 aromatic heterocycles. The predicted molar refractivity (Wildman–Crippen MR) is 94.3 cm³/mol. The molecule has 24 heavy (non-hydrogen) atoms. The molecule has 0 saturated heterocycles. The van der Waals surface area contributed by atoms with Crippen molar-refractivity contribution in [3.63, 3.8) is 0 Å². The molecule has 0 unspecified atom stereocenters. The number of aromatic nitrogens is 1. The number of nitrogens with zero attached hydrogens (tertiary/aromatic N) is 2. The Bertz CT molecular complexity index is 699. The van der Waals surface area contributed by atoms with Gasteiger partial charge in [0, 0.05) is 25.4 Å². The van der Waals surface area contributed by atoms with E-state index >= 15 is 0 Å². The fourth-order valence-electron chi connectivity index (χ4n) is 3.24. The normalized spacial score (nSPS) is 15.5. The zero-order valence-electron chi connectivity index (χ0n) is 13.7. The standard InChI is InChI=1S/C18H23N3O3/c22-21(23)17-10-9-16(18-15(17)8-4-11-20-18)19-12-5-13-24-14-6-2-1-3-7-14/h4,8-11,14,19H,1-3,5-7,12-13H2. The van der Waals surface area contributed by atoms with E-state index in [1.54, 1.807) is 24.4 Å². The molecule has 1 aliphatic rings. The number of non-ortho nitro benzene ring substituents is 1. The zero-order chi connectivity index (χ0) is 16.8. The minimum Gasteiger partial charge on any atom is -0.383 e. The lowest BCUT2D eigenvalue weighted by atomic mass is 9.98. The number of hydrogen-bond acceptors (Lipinski definition) is 5. The van der Waals surface area contributed by atoms with Crippen molar-refractivity contribution in [3.8, 4) is 0 Å². The molecule has 128 valence electrons. The largest absolute Gasteiger partial charge is 0.383 e. The van der Waals surface area contributed by atoms with Crippen molar-refractivity contribution >= 4 is 22.3 Å². The predicted octanol–water partition coefficient (Wildman–Crippen LogP) is 4.29. The van der Waals surface area contributed by atoms with Gasteiger partial charge in [0.05, 0.1) is 22.1 Å². The highest BCUT2D eigenvalue weighted by molar-refractivity contribution is 5.96. The fraction of sp³-hybridized carbons (Fsp3) is 0.500. The van der Waals surface area contributed by atoms with Crippen LogP contribution in [0.1, 0.15) is 38.5 Å². The van der Waals surface area contributed by atoms with Crippen molar-refractivity contribution in [1.29, 1.82) is 0 Å². The van der Waals surface area contributed by atoms with Gasteiger partial charge in [0.2, 0.25) is 0 Å². The second kappa shape index (κ2) is 8.06. The number of ether oxygens (including phenoxy) is 1. The summed E-state index contributed by atoms with van der Waals surface area (Å²) in [6.45, 7) is 1.51. The van der Waals surface area contributed by atoms with Crippen molar-refractivity contribution < 1.29 is 9.66 Å². The lowest BCUT2D eigenvalue weighted by Crippen LogP contribution is -2.18. The van der Waals surface area contributed by atoms with Gasteiger partial charge in [0.15, 0.2) is 0 Å². The molecular formula is C18H23N3O3. The molecule has 6 nitrogen and oxygen atoms in total. The van der Waals surface area contributed by atoms with Gasteiger partial charge in [-0.2, -0.15) is 0 Å². The molecule has 1 saturated carbocycles. The molecule has 1 N–H and O–H groups in total. The van der Waals surface area contributed by atoms with Crippen molar-refractivity contribution in [2.24, 2.45) is 0 Å². The Labute approximate surface area is 141 Å². The van der Waals surface area contributed by atoms with Crippen LogP contribution in [0, 0.1) is 10.1 Å². The number of nitrogens with one attached hydrogen (secondary N) is 1. The summed E-state index contributed by atoms with van der Waals surface area (Å²) in [6.07, 6.45) is 9.26. The summed E-state index contributed by atoms with van der Waals surface area (Å²) in [5, 5.41) is 15.0. The first-order valence-corrected chi connectivity index (χ1v) is 8.63. The minimum atomic E-state index is -0.369. The van der Waals surface area contributed by atoms with Crippen LogP contribution < -0.4 is 5.32 Å². The summed E-state index contributed by atoms with van der Waals surface area (Å²) < 4.78 is 5.91. The van der Waals surface area contributed by atoms with Crippen LogP contribution in [-0.4, -0.2) is 29.2 Å². The number of fused-ring (bicyclic) bond motifs is 1. The summed E-state index contributed by atoms with van der Waals surface area (Å²) in [7, 11) is 0. The van der Waals surface area contributed by atoms with Gasteiger partial charge in [0.25, 0.3) is 5.69 Å². The van der Waals surface area contributed by atoms with E-state index in [0.717, 1.165) is 25.3 Å². The molecule has 0 bridgehead atoms. The fourth-order valence-corrected chi connectivity index (χ4v) is 3.24. The van der Waals surface area contributed by atoms with Gasteiger partial charge in [-0.1, -0.05) is 19.3 Å². The van der Waals surface area contributed by atoms with Crippen LogP contribution in [0.5, 0.6) is 0 Å². The van der Waals surface area contributed by atoms with Crippen LogP contribution in [-0.2, 0) is 4.74 Å². The lowest BCUT2D eigenvalue weighted by molar-refractivity contribution is -0.383. The maximum absolute atomic E-state index is 11.1. The first-order chi connectivity index (χ1) is 11.8. The molecule has 1 fully saturated rings. The first-order valence-electron chi connectivity index (χ1n) is 8.63.